The molecule has 6 nitrogen and oxygen atoms in total. The Bertz CT molecular complexity index is 684. The molecule has 1 saturated heterocycles. The van der Waals surface area contributed by atoms with Crippen LogP contribution >= 0.6 is 0 Å². The largest absolute Gasteiger partial charge is 0.480 e. The van der Waals surface area contributed by atoms with E-state index >= 15 is 0 Å². The number of aliphatic carboxylic acids is 1. The Morgan fingerprint density at radius 2 is 1.58 bits per heavy atom. The van der Waals surface area contributed by atoms with Crippen molar-refractivity contribution < 1.29 is 18.3 Å². The quantitative estimate of drug-likeness (QED) is 0.891. The number of carboxylic acids is 1. The summed E-state index contributed by atoms with van der Waals surface area (Å²) in [7, 11) is -3.53. The van der Waals surface area contributed by atoms with E-state index in [-0.39, 0.29) is 10.3 Å². The predicted octanol–water partition coefficient (Wildman–Crippen LogP) is 1.76. The molecule has 1 heterocycles. The van der Waals surface area contributed by atoms with Gasteiger partial charge in [-0.05, 0) is 30.0 Å². The molecule has 0 spiro atoms. The molecule has 134 valence electrons. The summed E-state index contributed by atoms with van der Waals surface area (Å²) in [5.41, 5.74) is 1.06. The third-order valence-electron chi connectivity index (χ3n) is 4.54. The van der Waals surface area contributed by atoms with E-state index in [2.05, 4.69) is 20.8 Å². The van der Waals surface area contributed by atoms with Crippen molar-refractivity contribution >= 4 is 16.0 Å². The van der Waals surface area contributed by atoms with E-state index in [1.165, 1.54) is 4.31 Å². The van der Waals surface area contributed by atoms with Crippen LogP contribution in [0.25, 0.3) is 0 Å². The van der Waals surface area contributed by atoms with Gasteiger partial charge in [0, 0.05) is 26.2 Å². The Hall–Kier alpha value is -1.44. The number of benzene rings is 1. The van der Waals surface area contributed by atoms with Crippen molar-refractivity contribution in [2.24, 2.45) is 0 Å². The van der Waals surface area contributed by atoms with Crippen LogP contribution in [0.2, 0.25) is 0 Å². The highest BCUT2D eigenvalue weighted by molar-refractivity contribution is 7.89. The van der Waals surface area contributed by atoms with Crippen LogP contribution in [-0.4, -0.2) is 60.9 Å². The second kappa shape index (κ2) is 6.82. The summed E-state index contributed by atoms with van der Waals surface area (Å²) < 4.78 is 26.9. The van der Waals surface area contributed by atoms with E-state index in [1.807, 2.05) is 12.1 Å². The highest BCUT2D eigenvalue weighted by Gasteiger charge is 2.31. The first-order chi connectivity index (χ1) is 11.0. The van der Waals surface area contributed by atoms with Gasteiger partial charge >= 0.3 is 5.97 Å². The van der Waals surface area contributed by atoms with Crippen molar-refractivity contribution in [2.45, 2.75) is 44.0 Å². The van der Waals surface area contributed by atoms with Crippen molar-refractivity contribution in [1.82, 2.24) is 9.21 Å². The summed E-state index contributed by atoms with van der Waals surface area (Å²) in [6, 6.07) is 6.43. The Kier molecular flexibility index (Phi) is 5.37. The molecule has 1 atom stereocenters. The fraction of sp³-hybridized carbons (Fsp3) is 0.588. The van der Waals surface area contributed by atoms with Gasteiger partial charge in [-0.15, -0.1) is 0 Å². The molecule has 7 heteroatoms. The molecule has 0 saturated carbocycles. The summed E-state index contributed by atoms with van der Waals surface area (Å²) in [5.74, 6) is -0.885. The standard InChI is InChI=1S/C17H26N2O4S/c1-13(16(20)21)18-9-11-19(12-10-18)24(22,23)15-7-5-14(6-8-15)17(2,3)4/h5-8,13H,9-12H2,1-4H3,(H,20,21). The molecule has 1 unspecified atom stereocenters. The normalized spacial score (nSPS) is 19.2. The molecule has 1 aromatic rings. The minimum atomic E-state index is -3.53. The zero-order chi connectivity index (χ0) is 18.1. The molecule has 1 N–H and O–H groups in total. The first-order valence-electron chi connectivity index (χ1n) is 8.11. The molecule has 1 fully saturated rings. The minimum Gasteiger partial charge on any atom is -0.480 e. The van der Waals surface area contributed by atoms with Gasteiger partial charge in [0.2, 0.25) is 10.0 Å². The van der Waals surface area contributed by atoms with Crippen LogP contribution in [0.4, 0.5) is 0 Å². The van der Waals surface area contributed by atoms with Crippen molar-refractivity contribution in [2.75, 3.05) is 26.2 Å². The monoisotopic (exact) mass is 354 g/mol. The van der Waals surface area contributed by atoms with Gasteiger partial charge in [0.1, 0.15) is 6.04 Å². The first kappa shape index (κ1) is 18.9. The number of piperazine rings is 1. The van der Waals surface area contributed by atoms with Gasteiger partial charge in [-0.1, -0.05) is 32.9 Å². The molecule has 1 aromatic carbocycles. The van der Waals surface area contributed by atoms with Crippen LogP contribution in [0.15, 0.2) is 29.2 Å². The third kappa shape index (κ3) is 3.96. The molecule has 2 rings (SSSR count). The molecule has 0 bridgehead atoms. The Labute approximate surface area is 144 Å². The molecule has 0 radical (unpaired) electrons. The predicted molar refractivity (Wildman–Crippen MR) is 92.6 cm³/mol. The number of hydrogen-bond donors (Lipinski definition) is 1. The van der Waals surface area contributed by atoms with Gasteiger partial charge in [0.15, 0.2) is 0 Å². The van der Waals surface area contributed by atoms with Gasteiger partial charge in [-0.25, -0.2) is 8.42 Å². The number of carbonyl (C=O) groups is 1. The fourth-order valence-corrected chi connectivity index (χ4v) is 4.19. The summed E-state index contributed by atoms with van der Waals surface area (Å²) in [6.45, 7) is 9.33. The van der Waals surface area contributed by atoms with E-state index in [4.69, 9.17) is 5.11 Å². The molecular formula is C17H26N2O4S. The maximum absolute atomic E-state index is 12.7. The lowest BCUT2D eigenvalue weighted by Crippen LogP contribution is -2.53. The molecule has 24 heavy (non-hydrogen) atoms. The topological polar surface area (TPSA) is 77.9 Å². The number of rotatable bonds is 4. The van der Waals surface area contributed by atoms with E-state index in [0.29, 0.717) is 26.2 Å². The summed E-state index contributed by atoms with van der Waals surface area (Å²) >= 11 is 0. The average molecular weight is 354 g/mol. The number of sulfonamides is 1. The van der Waals surface area contributed by atoms with Crippen LogP contribution in [0.1, 0.15) is 33.3 Å². The minimum absolute atomic E-state index is 0.0269. The van der Waals surface area contributed by atoms with Crippen LogP contribution in [0, 0.1) is 0 Å². The summed E-state index contributed by atoms with van der Waals surface area (Å²) in [6.07, 6.45) is 0. The van der Waals surface area contributed by atoms with Crippen molar-refractivity contribution in [1.29, 1.82) is 0 Å². The van der Waals surface area contributed by atoms with Crippen molar-refractivity contribution in [3.05, 3.63) is 29.8 Å². The van der Waals surface area contributed by atoms with E-state index in [1.54, 1.807) is 24.0 Å². The molecule has 0 aromatic heterocycles. The lowest BCUT2D eigenvalue weighted by atomic mass is 9.87. The number of carboxylic acid groups (broad SMARTS) is 1. The van der Waals surface area contributed by atoms with Gasteiger partial charge in [0.25, 0.3) is 0 Å². The van der Waals surface area contributed by atoms with Gasteiger partial charge in [-0.3, -0.25) is 9.69 Å². The lowest BCUT2D eigenvalue weighted by molar-refractivity contribution is -0.143. The van der Waals surface area contributed by atoms with Crippen LogP contribution < -0.4 is 0 Å². The second-order valence-electron chi connectivity index (χ2n) is 7.23. The van der Waals surface area contributed by atoms with Crippen LogP contribution in [-0.2, 0) is 20.2 Å². The van der Waals surface area contributed by atoms with E-state index in [9.17, 15) is 13.2 Å². The van der Waals surface area contributed by atoms with Crippen molar-refractivity contribution in [3.63, 3.8) is 0 Å². The Morgan fingerprint density at radius 3 is 2.00 bits per heavy atom. The van der Waals surface area contributed by atoms with Crippen molar-refractivity contribution in [3.8, 4) is 0 Å². The molecule has 0 aliphatic carbocycles. The molecule has 1 aliphatic heterocycles. The van der Waals surface area contributed by atoms with Gasteiger partial charge in [0.05, 0.1) is 4.90 Å². The molecular weight excluding hydrogens is 328 g/mol. The fourth-order valence-electron chi connectivity index (χ4n) is 2.76. The smallest absolute Gasteiger partial charge is 0.320 e. The molecule has 1 aliphatic rings. The number of hydrogen-bond acceptors (Lipinski definition) is 4. The first-order valence-corrected chi connectivity index (χ1v) is 9.55. The Balaban J connectivity index is 2.11. The Morgan fingerprint density at radius 1 is 1.08 bits per heavy atom. The zero-order valence-corrected chi connectivity index (χ0v) is 15.5. The second-order valence-corrected chi connectivity index (χ2v) is 9.17. The van der Waals surface area contributed by atoms with E-state index < -0.39 is 22.0 Å². The average Bonchev–Trinajstić information content (AvgIpc) is 2.53. The summed E-state index contributed by atoms with van der Waals surface area (Å²) in [4.78, 5) is 13.1. The van der Waals surface area contributed by atoms with Crippen LogP contribution in [0.3, 0.4) is 0 Å². The summed E-state index contributed by atoms with van der Waals surface area (Å²) in [5, 5.41) is 9.06. The zero-order valence-electron chi connectivity index (χ0n) is 14.7. The van der Waals surface area contributed by atoms with Gasteiger partial charge < -0.3 is 5.11 Å². The SMILES string of the molecule is CC(C(=O)O)N1CCN(S(=O)(=O)c2ccc(C(C)(C)C)cc2)CC1. The highest BCUT2D eigenvalue weighted by Crippen LogP contribution is 2.25. The maximum atomic E-state index is 12.7. The van der Waals surface area contributed by atoms with Crippen LogP contribution in [0.5, 0.6) is 0 Å². The third-order valence-corrected chi connectivity index (χ3v) is 6.45. The van der Waals surface area contributed by atoms with Gasteiger partial charge in [-0.2, -0.15) is 4.31 Å². The lowest BCUT2D eigenvalue weighted by Gasteiger charge is -2.35. The maximum Gasteiger partial charge on any atom is 0.320 e. The van der Waals surface area contributed by atoms with E-state index in [0.717, 1.165) is 5.56 Å². The highest BCUT2D eigenvalue weighted by atomic mass is 32.2. The molecule has 0 amide bonds. The number of nitrogens with zero attached hydrogens (tertiary/aromatic N) is 2.